The van der Waals surface area contributed by atoms with Crippen LogP contribution < -0.4 is 9.62 Å². The SMILES string of the molecule is O=C(c1cccs1)N1CCCc2ccc(NS(=O)(=O)c3ccccc3[N+](=O)[O-])cc21. The van der Waals surface area contributed by atoms with Crippen molar-refractivity contribution in [2.75, 3.05) is 16.2 Å². The first kappa shape index (κ1) is 20.0. The van der Waals surface area contributed by atoms with Crippen LogP contribution in [0.4, 0.5) is 17.1 Å². The van der Waals surface area contributed by atoms with Gasteiger partial charge in [-0.2, -0.15) is 0 Å². The molecule has 1 amide bonds. The van der Waals surface area contributed by atoms with E-state index in [1.807, 2.05) is 5.38 Å². The van der Waals surface area contributed by atoms with Gasteiger partial charge >= 0.3 is 0 Å². The highest BCUT2D eigenvalue weighted by Gasteiger charge is 2.27. The minimum atomic E-state index is -4.19. The summed E-state index contributed by atoms with van der Waals surface area (Å²) in [6.07, 6.45) is 1.59. The van der Waals surface area contributed by atoms with Crippen molar-refractivity contribution in [3.05, 3.63) is 80.5 Å². The number of amides is 1. The average molecular weight is 444 g/mol. The van der Waals surface area contributed by atoms with Crippen LogP contribution in [-0.4, -0.2) is 25.8 Å². The van der Waals surface area contributed by atoms with E-state index in [0.29, 0.717) is 17.1 Å². The summed E-state index contributed by atoms with van der Waals surface area (Å²) < 4.78 is 28.0. The zero-order valence-corrected chi connectivity index (χ0v) is 17.3. The Morgan fingerprint density at radius 3 is 2.67 bits per heavy atom. The van der Waals surface area contributed by atoms with Crippen molar-refractivity contribution < 1.29 is 18.1 Å². The second-order valence-corrected chi connectivity index (χ2v) is 9.31. The number of carbonyl (C=O) groups is 1. The summed E-state index contributed by atoms with van der Waals surface area (Å²) >= 11 is 1.35. The molecule has 1 N–H and O–H groups in total. The van der Waals surface area contributed by atoms with Crippen molar-refractivity contribution in [1.82, 2.24) is 0 Å². The van der Waals surface area contributed by atoms with Crippen LogP contribution in [0, 0.1) is 10.1 Å². The highest BCUT2D eigenvalue weighted by molar-refractivity contribution is 7.92. The van der Waals surface area contributed by atoms with Gasteiger partial charge in [0.05, 0.1) is 15.5 Å². The Bertz CT molecular complexity index is 1220. The number of benzene rings is 2. The number of nitro groups is 1. The van der Waals surface area contributed by atoms with Gasteiger partial charge in [-0.05, 0) is 48.1 Å². The highest BCUT2D eigenvalue weighted by Crippen LogP contribution is 2.33. The molecule has 2 heterocycles. The largest absolute Gasteiger partial charge is 0.307 e. The Labute approximate surface area is 177 Å². The van der Waals surface area contributed by atoms with E-state index in [1.54, 1.807) is 35.2 Å². The van der Waals surface area contributed by atoms with Crippen LogP contribution in [0.1, 0.15) is 21.7 Å². The standard InChI is InChI=1S/C20H17N3O5S2/c24-20(18-7-4-12-29-18)22-11-3-5-14-9-10-15(13-17(14)22)21-30(27,28)19-8-2-1-6-16(19)23(25)26/h1-2,4,6-10,12-13,21H,3,5,11H2. The molecule has 1 aromatic heterocycles. The van der Waals surface area contributed by atoms with Crippen molar-refractivity contribution in [2.24, 2.45) is 0 Å². The van der Waals surface area contributed by atoms with E-state index in [1.165, 1.54) is 29.5 Å². The van der Waals surface area contributed by atoms with Crippen LogP contribution in [-0.2, 0) is 16.4 Å². The van der Waals surface area contributed by atoms with Gasteiger partial charge in [0.25, 0.3) is 21.6 Å². The molecule has 2 aromatic carbocycles. The third-order valence-electron chi connectivity index (χ3n) is 4.78. The number of hydrogen-bond donors (Lipinski definition) is 1. The molecule has 0 spiro atoms. The number of nitrogens with zero attached hydrogens (tertiary/aromatic N) is 2. The molecule has 0 unspecified atom stereocenters. The molecule has 8 nitrogen and oxygen atoms in total. The first-order valence-corrected chi connectivity index (χ1v) is 11.5. The van der Waals surface area contributed by atoms with Gasteiger partial charge in [-0.3, -0.25) is 19.6 Å². The van der Waals surface area contributed by atoms with Gasteiger partial charge in [-0.1, -0.05) is 24.3 Å². The van der Waals surface area contributed by atoms with E-state index < -0.39 is 25.5 Å². The van der Waals surface area contributed by atoms with Crippen LogP contribution in [0.2, 0.25) is 0 Å². The van der Waals surface area contributed by atoms with Crippen LogP contribution in [0.15, 0.2) is 64.9 Å². The smallest absolute Gasteiger partial charge is 0.289 e. The van der Waals surface area contributed by atoms with Crippen LogP contribution in [0.5, 0.6) is 0 Å². The summed E-state index contributed by atoms with van der Waals surface area (Å²) in [7, 11) is -4.19. The van der Waals surface area contributed by atoms with Crippen LogP contribution in [0.25, 0.3) is 0 Å². The zero-order valence-electron chi connectivity index (χ0n) is 15.6. The van der Waals surface area contributed by atoms with E-state index in [4.69, 9.17) is 0 Å². The Kier molecular flexibility index (Phi) is 5.27. The van der Waals surface area contributed by atoms with Crippen LogP contribution in [0.3, 0.4) is 0 Å². The number of nitrogens with one attached hydrogen (secondary N) is 1. The first-order valence-electron chi connectivity index (χ1n) is 9.11. The minimum Gasteiger partial charge on any atom is -0.307 e. The lowest BCUT2D eigenvalue weighted by molar-refractivity contribution is -0.387. The number of para-hydroxylation sites is 1. The maximum atomic E-state index is 12.9. The van der Waals surface area contributed by atoms with E-state index in [0.717, 1.165) is 24.5 Å². The predicted octanol–water partition coefficient (Wildman–Crippen LogP) is 4.05. The first-order chi connectivity index (χ1) is 14.4. The predicted molar refractivity (Wildman–Crippen MR) is 115 cm³/mol. The molecule has 0 bridgehead atoms. The molecule has 0 radical (unpaired) electrons. The molecular weight excluding hydrogens is 426 g/mol. The second kappa shape index (κ2) is 7.88. The lowest BCUT2D eigenvalue weighted by Crippen LogP contribution is -2.35. The molecule has 0 fully saturated rings. The minimum absolute atomic E-state index is 0.135. The van der Waals surface area contributed by atoms with E-state index in [9.17, 15) is 23.3 Å². The Morgan fingerprint density at radius 1 is 1.13 bits per heavy atom. The summed E-state index contributed by atoms with van der Waals surface area (Å²) in [6, 6.07) is 13.7. The van der Waals surface area contributed by atoms with Gasteiger partial charge < -0.3 is 4.90 Å². The molecule has 154 valence electrons. The maximum Gasteiger partial charge on any atom is 0.289 e. The van der Waals surface area contributed by atoms with Gasteiger partial charge in [0, 0.05) is 18.3 Å². The van der Waals surface area contributed by atoms with Crippen molar-refractivity contribution in [3.63, 3.8) is 0 Å². The van der Waals surface area contributed by atoms with Crippen molar-refractivity contribution in [3.8, 4) is 0 Å². The zero-order chi connectivity index (χ0) is 21.3. The Morgan fingerprint density at radius 2 is 1.93 bits per heavy atom. The van der Waals surface area contributed by atoms with E-state index in [2.05, 4.69) is 4.72 Å². The number of sulfonamides is 1. The molecule has 0 saturated carbocycles. The average Bonchev–Trinajstić information content (AvgIpc) is 3.27. The van der Waals surface area contributed by atoms with Gasteiger partial charge in [-0.15, -0.1) is 11.3 Å². The van der Waals surface area contributed by atoms with Crippen molar-refractivity contribution in [1.29, 1.82) is 0 Å². The van der Waals surface area contributed by atoms with Crippen LogP contribution >= 0.6 is 11.3 Å². The summed E-state index contributed by atoms with van der Waals surface area (Å²) in [5.74, 6) is -0.135. The van der Waals surface area contributed by atoms with Gasteiger partial charge in [-0.25, -0.2) is 8.42 Å². The topological polar surface area (TPSA) is 110 Å². The molecule has 3 aromatic rings. The second-order valence-electron chi connectivity index (χ2n) is 6.71. The number of thiophene rings is 1. The van der Waals surface area contributed by atoms with Gasteiger partial charge in [0.1, 0.15) is 0 Å². The highest BCUT2D eigenvalue weighted by atomic mass is 32.2. The van der Waals surface area contributed by atoms with Gasteiger partial charge in [0.15, 0.2) is 4.90 Å². The molecular formula is C20H17N3O5S2. The van der Waals surface area contributed by atoms with E-state index >= 15 is 0 Å². The fourth-order valence-electron chi connectivity index (χ4n) is 3.43. The summed E-state index contributed by atoms with van der Waals surface area (Å²) in [5.41, 5.74) is 1.32. The van der Waals surface area contributed by atoms with Crippen molar-refractivity contribution >= 4 is 44.3 Å². The van der Waals surface area contributed by atoms with E-state index in [-0.39, 0.29) is 11.6 Å². The molecule has 30 heavy (non-hydrogen) atoms. The van der Waals surface area contributed by atoms with Gasteiger partial charge in [0.2, 0.25) is 0 Å². The molecule has 1 aliphatic rings. The molecule has 0 atom stereocenters. The summed E-state index contributed by atoms with van der Waals surface area (Å²) in [6.45, 7) is 0.532. The Balaban J connectivity index is 1.68. The fraction of sp³-hybridized carbons (Fsp3) is 0.150. The molecule has 0 aliphatic carbocycles. The molecule has 1 aliphatic heterocycles. The monoisotopic (exact) mass is 443 g/mol. The summed E-state index contributed by atoms with van der Waals surface area (Å²) in [4.78, 5) is 25.2. The maximum absolute atomic E-state index is 12.9. The molecule has 0 saturated heterocycles. The normalized spacial score (nSPS) is 13.5. The number of hydrogen-bond acceptors (Lipinski definition) is 6. The van der Waals surface area contributed by atoms with Crippen molar-refractivity contribution in [2.45, 2.75) is 17.7 Å². The third kappa shape index (κ3) is 3.79. The number of nitro benzene ring substituents is 1. The fourth-order valence-corrected chi connectivity index (χ4v) is 5.32. The number of anilines is 2. The Hall–Kier alpha value is -3.24. The lowest BCUT2D eigenvalue weighted by Gasteiger charge is -2.29. The number of fused-ring (bicyclic) bond motifs is 1. The molecule has 4 rings (SSSR count). The number of aryl methyl sites for hydroxylation is 1. The third-order valence-corrected chi connectivity index (χ3v) is 7.07. The quantitative estimate of drug-likeness (QED) is 0.473. The lowest BCUT2D eigenvalue weighted by atomic mass is 10.0. The summed E-state index contributed by atoms with van der Waals surface area (Å²) in [5, 5.41) is 13.0. The molecule has 10 heteroatoms. The number of rotatable bonds is 5. The number of carbonyl (C=O) groups excluding carboxylic acids is 1.